The number of benzene rings is 2. The molecule has 2 N–H and O–H groups in total. The van der Waals surface area contributed by atoms with Crippen molar-refractivity contribution >= 4 is 29.3 Å². The fourth-order valence-electron chi connectivity index (χ4n) is 2.90. The summed E-state index contributed by atoms with van der Waals surface area (Å²) in [6, 6.07) is 15.9. The molecule has 0 radical (unpaired) electrons. The highest BCUT2D eigenvalue weighted by atomic mass is 32.2. The first-order valence-corrected chi connectivity index (χ1v) is 10.6. The molecule has 0 fully saturated rings. The molecule has 0 aliphatic heterocycles. The Kier molecular flexibility index (Phi) is 8.54. The maximum absolute atomic E-state index is 12.3. The molecule has 6 heteroatoms. The van der Waals surface area contributed by atoms with Crippen LogP contribution in [0.4, 0.5) is 5.69 Å². The number of anilines is 1. The second kappa shape index (κ2) is 10.9. The quantitative estimate of drug-likeness (QED) is 0.631. The molecular formula is C22H29N3O2S. The Hall–Kier alpha value is -2.31. The van der Waals surface area contributed by atoms with Crippen molar-refractivity contribution in [1.82, 2.24) is 10.2 Å². The topological polar surface area (TPSA) is 61.4 Å². The van der Waals surface area contributed by atoms with Crippen molar-refractivity contribution in [2.75, 3.05) is 31.7 Å². The Balaban J connectivity index is 1.81. The molecule has 150 valence electrons. The number of likely N-dealkylation sites (N-methyl/N-ethyl adjacent to an activating group) is 1. The fraction of sp³-hybridized carbons (Fsp3) is 0.364. The van der Waals surface area contributed by atoms with E-state index in [4.69, 9.17) is 0 Å². The van der Waals surface area contributed by atoms with E-state index in [1.165, 1.54) is 5.56 Å². The molecule has 2 amide bonds. The molecule has 0 spiro atoms. The summed E-state index contributed by atoms with van der Waals surface area (Å²) in [6.07, 6.45) is 2.97. The van der Waals surface area contributed by atoms with Crippen LogP contribution in [0.5, 0.6) is 0 Å². The van der Waals surface area contributed by atoms with E-state index in [-0.39, 0.29) is 30.9 Å². The van der Waals surface area contributed by atoms with Gasteiger partial charge >= 0.3 is 0 Å². The lowest BCUT2D eigenvalue weighted by Crippen LogP contribution is -2.39. The Morgan fingerprint density at radius 1 is 1.04 bits per heavy atom. The molecular weight excluding hydrogens is 370 g/mol. The Morgan fingerprint density at radius 2 is 1.68 bits per heavy atom. The van der Waals surface area contributed by atoms with Crippen molar-refractivity contribution in [3.05, 3.63) is 59.7 Å². The average Bonchev–Trinajstić information content (AvgIpc) is 2.68. The van der Waals surface area contributed by atoms with Gasteiger partial charge in [0.05, 0.1) is 24.8 Å². The van der Waals surface area contributed by atoms with Crippen molar-refractivity contribution in [2.45, 2.75) is 31.2 Å². The number of para-hydroxylation sites is 1. The van der Waals surface area contributed by atoms with Gasteiger partial charge < -0.3 is 10.6 Å². The van der Waals surface area contributed by atoms with Crippen molar-refractivity contribution < 1.29 is 9.59 Å². The maximum atomic E-state index is 12.3. The molecule has 28 heavy (non-hydrogen) atoms. The summed E-state index contributed by atoms with van der Waals surface area (Å²) in [7, 11) is 1.76. The molecule has 2 aromatic rings. The van der Waals surface area contributed by atoms with E-state index < -0.39 is 0 Å². The summed E-state index contributed by atoms with van der Waals surface area (Å²) in [6.45, 7) is 4.39. The Labute approximate surface area is 171 Å². The number of carbonyl (C=O) groups is 2. The lowest BCUT2D eigenvalue weighted by Gasteiger charge is -2.19. The molecule has 0 aliphatic rings. The lowest BCUT2D eigenvalue weighted by atomic mass is 10.1. The van der Waals surface area contributed by atoms with Crippen molar-refractivity contribution in [3.8, 4) is 0 Å². The van der Waals surface area contributed by atoms with Crippen molar-refractivity contribution in [3.63, 3.8) is 0 Å². The van der Waals surface area contributed by atoms with Crippen LogP contribution in [0.1, 0.15) is 31.0 Å². The van der Waals surface area contributed by atoms with Crippen LogP contribution in [0.2, 0.25) is 0 Å². The number of hydrogen-bond donors (Lipinski definition) is 2. The zero-order valence-corrected chi connectivity index (χ0v) is 17.8. The van der Waals surface area contributed by atoms with Gasteiger partial charge in [0.1, 0.15) is 0 Å². The number of thioether (sulfide) groups is 1. The second-order valence-electron chi connectivity index (χ2n) is 6.81. The van der Waals surface area contributed by atoms with Crippen LogP contribution < -0.4 is 10.6 Å². The van der Waals surface area contributed by atoms with Crippen LogP contribution in [0, 0.1) is 0 Å². The minimum atomic E-state index is -0.139. The summed E-state index contributed by atoms with van der Waals surface area (Å²) in [5.74, 6) is -0.244. The third-order valence-electron chi connectivity index (χ3n) is 4.47. The molecule has 1 atom stereocenters. The normalized spacial score (nSPS) is 11.9. The van der Waals surface area contributed by atoms with Gasteiger partial charge in [-0.15, -0.1) is 11.8 Å². The molecule has 0 saturated carbocycles. The summed E-state index contributed by atoms with van der Waals surface area (Å²) < 4.78 is 0. The first-order valence-electron chi connectivity index (χ1n) is 9.42. The number of rotatable bonds is 9. The number of amides is 2. The molecule has 0 unspecified atom stereocenters. The fourth-order valence-corrected chi connectivity index (χ4v) is 3.45. The smallest absolute Gasteiger partial charge is 0.238 e. The minimum absolute atomic E-state index is 0.0749. The van der Waals surface area contributed by atoms with Crippen LogP contribution in [0.25, 0.3) is 0 Å². The third kappa shape index (κ3) is 6.69. The van der Waals surface area contributed by atoms with Gasteiger partial charge in [0.15, 0.2) is 0 Å². The van der Waals surface area contributed by atoms with Gasteiger partial charge in [-0.1, -0.05) is 43.3 Å². The van der Waals surface area contributed by atoms with Gasteiger partial charge in [-0.25, -0.2) is 0 Å². The van der Waals surface area contributed by atoms with E-state index in [1.807, 2.05) is 49.6 Å². The SMILES string of the molecule is CCc1ccc([C@@H](C)NC(=O)CN(C)CC(=O)Nc2ccccc2SC)cc1. The zero-order chi connectivity index (χ0) is 20.5. The molecule has 2 rings (SSSR count). The van der Waals surface area contributed by atoms with Crippen LogP contribution in [-0.2, 0) is 16.0 Å². The van der Waals surface area contributed by atoms with Crippen LogP contribution in [-0.4, -0.2) is 43.1 Å². The average molecular weight is 400 g/mol. The van der Waals surface area contributed by atoms with Gasteiger partial charge in [0, 0.05) is 4.90 Å². The van der Waals surface area contributed by atoms with E-state index in [2.05, 4.69) is 29.7 Å². The highest BCUT2D eigenvalue weighted by molar-refractivity contribution is 7.98. The summed E-state index contributed by atoms with van der Waals surface area (Å²) in [5, 5.41) is 5.90. The highest BCUT2D eigenvalue weighted by Crippen LogP contribution is 2.24. The lowest BCUT2D eigenvalue weighted by molar-refractivity contribution is -0.123. The standard InChI is InChI=1S/C22H29N3O2S/c1-5-17-10-12-18(13-11-17)16(2)23-21(26)14-25(3)15-22(27)24-19-8-6-7-9-20(19)28-4/h6-13,16H,5,14-15H2,1-4H3,(H,23,26)(H,24,27)/t16-/m1/s1. The predicted octanol–water partition coefficient (Wildman–Crippen LogP) is 3.72. The van der Waals surface area contributed by atoms with Gasteiger partial charge in [0.25, 0.3) is 0 Å². The summed E-state index contributed by atoms with van der Waals surface area (Å²) in [4.78, 5) is 27.3. The first kappa shape index (κ1) is 22.0. The molecule has 5 nitrogen and oxygen atoms in total. The number of carbonyl (C=O) groups excluding carboxylic acids is 2. The molecule has 0 bridgehead atoms. The maximum Gasteiger partial charge on any atom is 0.238 e. The van der Waals surface area contributed by atoms with Crippen molar-refractivity contribution in [1.29, 1.82) is 0 Å². The molecule has 0 heterocycles. The van der Waals surface area contributed by atoms with E-state index in [9.17, 15) is 9.59 Å². The van der Waals surface area contributed by atoms with Gasteiger partial charge in [-0.2, -0.15) is 0 Å². The van der Waals surface area contributed by atoms with E-state index in [0.29, 0.717) is 0 Å². The third-order valence-corrected chi connectivity index (χ3v) is 5.27. The Bertz CT molecular complexity index is 793. The van der Waals surface area contributed by atoms with Crippen molar-refractivity contribution in [2.24, 2.45) is 0 Å². The van der Waals surface area contributed by atoms with E-state index >= 15 is 0 Å². The summed E-state index contributed by atoms with van der Waals surface area (Å²) in [5.41, 5.74) is 3.14. The molecule has 2 aromatic carbocycles. The van der Waals surface area contributed by atoms with E-state index in [0.717, 1.165) is 22.6 Å². The van der Waals surface area contributed by atoms with Gasteiger partial charge in [0.2, 0.25) is 11.8 Å². The Morgan fingerprint density at radius 3 is 2.32 bits per heavy atom. The van der Waals surface area contributed by atoms with Crippen LogP contribution >= 0.6 is 11.8 Å². The highest BCUT2D eigenvalue weighted by Gasteiger charge is 2.14. The summed E-state index contributed by atoms with van der Waals surface area (Å²) >= 11 is 1.58. The van der Waals surface area contributed by atoms with E-state index in [1.54, 1.807) is 23.7 Å². The number of nitrogens with zero attached hydrogens (tertiary/aromatic N) is 1. The largest absolute Gasteiger partial charge is 0.348 e. The van der Waals surface area contributed by atoms with Crippen LogP contribution in [0.3, 0.4) is 0 Å². The monoisotopic (exact) mass is 399 g/mol. The number of nitrogens with one attached hydrogen (secondary N) is 2. The van der Waals surface area contributed by atoms with Gasteiger partial charge in [-0.05, 0) is 49.9 Å². The predicted molar refractivity (Wildman–Crippen MR) is 117 cm³/mol. The van der Waals surface area contributed by atoms with Gasteiger partial charge in [-0.3, -0.25) is 14.5 Å². The minimum Gasteiger partial charge on any atom is -0.348 e. The van der Waals surface area contributed by atoms with Crippen LogP contribution in [0.15, 0.2) is 53.4 Å². The number of hydrogen-bond acceptors (Lipinski definition) is 4. The zero-order valence-electron chi connectivity index (χ0n) is 17.0. The number of aryl methyl sites for hydroxylation is 1. The molecule has 0 saturated heterocycles. The molecule has 0 aromatic heterocycles. The first-order chi connectivity index (χ1) is 13.4. The molecule has 0 aliphatic carbocycles. The second-order valence-corrected chi connectivity index (χ2v) is 7.65.